The standard InChI is InChI=1S/C13H11N5O5/c1-16-11-6(12(19)17(2)13(16)20)5-7(14)10(15-11)8-3-4-9(23-8)18(21)22/h3-5H,14H2,1-2H3. The van der Waals surface area contributed by atoms with Crippen molar-refractivity contribution in [2.24, 2.45) is 14.1 Å². The lowest BCUT2D eigenvalue weighted by Gasteiger charge is -2.09. The van der Waals surface area contributed by atoms with E-state index in [9.17, 15) is 19.7 Å². The van der Waals surface area contributed by atoms with Crippen molar-refractivity contribution in [1.29, 1.82) is 0 Å². The highest BCUT2D eigenvalue weighted by Gasteiger charge is 2.19. The topological polar surface area (TPSA) is 139 Å². The average molecular weight is 317 g/mol. The van der Waals surface area contributed by atoms with Crippen molar-refractivity contribution in [3.05, 3.63) is 49.2 Å². The van der Waals surface area contributed by atoms with E-state index in [0.717, 1.165) is 4.57 Å². The van der Waals surface area contributed by atoms with Crippen LogP contribution in [0.4, 0.5) is 11.6 Å². The maximum absolute atomic E-state index is 12.1. The van der Waals surface area contributed by atoms with E-state index in [1.54, 1.807) is 0 Å². The van der Waals surface area contributed by atoms with Crippen molar-refractivity contribution in [3.63, 3.8) is 0 Å². The van der Waals surface area contributed by atoms with Crippen LogP contribution >= 0.6 is 0 Å². The van der Waals surface area contributed by atoms with Crippen LogP contribution in [0.25, 0.3) is 22.5 Å². The van der Waals surface area contributed by atoms with Crippen molar-refractivity contribution in [2.45, 2.75) is 0 Å². The van der Waals surface area contributed by atoms with Gasteiger partial charge in [0.05, 0.1) is 17.1 Å². The predicted octanol–water partition coefficient (Wildman–Crippen LogP) is 0.383. The Hall–Kier alpha value is -3.43. The maximum atomic E-state index is 12.1. The highest BCUT2D eigenvalue weighted by atomic mass is 16.6. The molecule has 3 rings (SSSR count). The Morgan fingerprint density at radius 3 is 2.57 bits per heavy atom. The van der Waals surface area contributed by atoms with Crippen LogP contribution < -0.4 is 17.0 Å². The van der Waals surface area contributed by atoms with Crippen LogP contribution in [0.5, 0.6) is 0 Å². The van der Waals surface area contributed by atoms with Crippen LogP contribution in [0.2, 0.25) is 0 Å². The second-order valence-electron chi connectivity index (χ2n) is 4.90. The van der Waals surface area contributed by atoms with Crippen molar-refractivity contribution >= 4 is 22.6 Å². The average Bonchev–Trinajstić information content (AvgIpc) is 3.00. The Bertz CT molecular complexity index is 1070. The molecule has 23 heavy (non-hydrogen) atoms. The number of nitrogens with two attached hydrogens (primary N) is 1. The number of aryl methyl sites for hydroxylation is 1. The molecule has 118 valence electrons. The molecular weight excluding hydrogens is 306 g/mol. The van der Waals surface area contributed by atoms with E-state index in [1.807, 2.05) is 0 Å². The molecule has 0 bridgehead atoms. The highest BCUT2D eigenvalue weighted by molar-refractivity contribution is 5.84. The van der Waals surface area contributed by atoms with E-state index in [2.05, 4.69) is 4.98 Å². The van der Waals surface area contributed by atoms with Gasteiger partial charge in [0.15, 0.2) is 5.76 Å². The number of fused-ring (bicyclic) bond motifs is 1. The molecule has 0 spiro atoms. The monoisotopic (exact) mass is 317 g/mol. The van der Waals surface area contributed by atoms with Crippen LogP contribution in [-0.4, -0.2) is 19.0 Å². The molecule has 0 radical (unpaired) electrons. The largest absolute Gasteiger partial charge is 0.433 e. The number of rotatable bonds is 2. The molecule has 3 aromatic heterocycles. The lowest BCUT2D eigenvalue weighted by atomic mass is 10.2. The van der Waals surface area contributed by atoms with Gasteiger partial charge in [-0.1, -0.05) is 0 Å². The summed E-state index contributed by atoms with van der Waals surface area (Å²) < 4.78 is 7.21. The van der Waals surface area contributed by atoms with Gasteiger partial charge in [-0.25, -0.2) is 9.78 Å². The molecule has 10 nitrogen and oxygen atoms in total. The summed E-state index contributed by atoms with van der Waals surface area (Å²) in [6.45, 7) is 0. The first-order chi connectivity index (χ1) is 10.8. The third-order valence-electron chi connectivity index (χ3n) is 3.46. The highest BCUT2D eigenvalue weighted by Crippen LogP contribution is 2.29. The van der Waals surface area contributed by atoms with Gasteiger partial charge in [-0.05, 0) is 12.1 Å². The molecule has 2 N–H and O–H groups in total. The minimum Gasteiger partial charge on any atom is -0.399 e. The third-order valence-corrected chi connectivity index (χ3v) is 3.46. The van der Waals surface area contributed by atoms with Crippen molar-refractivity contribution < 1.29 is 9.34 Å². The Morgan fingerprint density at radius 2 is 1.96 bits per heavy atom. The number of aromatic nitrogens is 3. The Kier molecular flexibility index (Phi) is 3.03. The molecule has 10 heteroatoms. The summed E-state index contributed by atoms with van der Waals surface area (Å²) in [5.41, 5.74) is 5.15. The van der Waals surface area contributed by atoms with Gasteiger partial charge in [-0.3, -0.25) is 24.0 Å². The molecule has 0 aliphatic carbocycles. The summed E-state index contributed by atoms with van der Waals surface area (Å²) in [4.78, 5) is 38.3. The first kappa shape index (κ1) is 14.5. The fourth-order valence-electron chi connectivity index (χ4n) is 2.27. The van der Waals surface area contributed by atoms with Crippen molar-refractivity contribution in [2.75, 3.05) is 5.73 Å². The van der Waals surface area contributed by atoms with Gasteiger partial charge in [0.25, 0.3) is 5.56 Å². The minimum absolute atomic E-state index is 0.0734. The van der Waals surface area contributed by atoms with Gasteiger partial charge in [0.1, 0.15) is 16.3 Å². The summed E-state index contributed by atoms with van der Waals surface area (Å²) in [6, 6.07) is 3.89. The van der Waals surface area contributed by atoms with Crippen LogP contribution in [0.1, 0.15) is 0 Å². The van der Waals surface area contributed by atoms with Crippen LogP contribution in [0.15, 0.2) is 32.2 Å². The number of hydrogen-bond acceptors (Lipinski definition) is 7. The van der Waals surface area contributed by atoms with E-state index < -0.39 is 22.1 Å². The van der Waals surface area contributed by atoms with E-state index in [0.29, 0.717) is 0 Å². The number of anilines is 1. The van der Waals surface area contributed by atoms with Crippen molar-refractivity contribution in [3.8, 4) is 11.5 Å². The minimum atomic E-state index is -0.688. The summed E-state index contributed by atoms with van der Waals surface area (Å²) in [6.07, 6.45) is 0. The normalized spacial score (nSPS) is 11.0. The predicted molar refractivity (Wildman–Crippen MR) is 81.0 cm³/mol. The smallest absolute Gasteiger partial charge is 0.399 e. The van der Waals surface area contributed by atoms with Gasteiger partial charge in [0.2, 0.25) is 0 Å². The summed E-state index contributed by atoms with van der Waals surface area (Å²) >= 11 is 0. The number of furan rings is 1. The molecule has 3 aromatic rings. The van der Waals surface area contributed by atoms with Crippen LogP contribution in [0.3, 0.4) is 0 Å². The second kappa shape index (κ2) is 4.80. The summed E-state index contributed by atoms with van der Waals surface area (Å²) in [5.74, 6) is -0.386. The van der Waals surface area contributed by atoms with Crippen LogP contribution in [0, 0.1) is 10.1 Å². The molecule has 0 unspecified atom stereocenters. The molecule has 3 heterocycles. The van der Waals surface area contributed by atoms with Crippen LogP contribution in [-0.2, 0) is 14.1 Å². The Morgan fingerprint density at radius 1 is 1.26 bits per heavy atom. The Labute approximate surface area is 127 Å². The van der Waals surface area contributed by atoms with Gasteiger partial charge in [0, 0.05) is 14.1 Å². The first-order valence-corrected chi connectivity index (χ1v) is 6.42. The number of nitrogens with zero attached hydrogens (tertiary/aromatic N) is 4. The zero-order chi connectivity index (χ0) is 16.9. The molecule has 0 saturated carbocycles. The molecule has 0 saturated heterocycles. The lowest BCUT2D eigenvalue weighted by Crippen LogP contribution is -2.37. The molecule has 0 atom stereocenters. The summed E-state index contributed by atoms with van der Waals surface area (Å²) in [5, 5.41) is 10.9. The quantitative estimate of drug-likeness (QED) is 0.532. The second-order valence-corrected chi connectivity index (χ2v) is 4.90. The van der Waals surface area contributed by atoms with E-state index in [1.165, 1.54) is 36.9 Å². The van der Waals surface area contributed by atoms with E-state index in [4.69, 9.17) is 10.2 Å². The SMILES string of the molecule is Cn1c(=O)c2cc(N)c(-c3ccc([N+](=O)[O-])o3)nc2n(C)c1=O. The number of pyridine rings is 1. The first-order valence-electron chi connectivity index (χ1n) is 6.42. The van der Waals surface area contributed by atoms with Gasteiger partial charge in [-0.15, -0.1) is 0 Å². The Balaban J connectivity index is 2.35. The maximum Gasteiger partial charge on any atom is 0.433 e. The zero-order valence-corrected chi connectivity index (χ0v) is 12.1. The molecular formula is C13H11N5O5. The number of nitrogen functional groups attached to an aromatic ring is 1. The lowest BCUT2D eigenvalue weighted by molar-refractivity contribution is -0.401. The van der Waals surface area contributed by atoms with Crippen molar-refractivity contribution in [1.82, 2.24) is 14.1 Å². The fourth-order valence-corrected chi connectivity index (χ4v) is 2.27. The molecule has 0 aromatic carbocycles. The molecule has 0 amide bonds. The van der Waals surface area contributed by atoms with E-state index >= 15 is 0 Å². The molecule has 0 aliphatic rings. The van der Waals surface area contributed by atoms with Gasteiger partial charge >= 0.3 is 11.6 Å². The van der Waals surface area contributed by atoms with Gasteiger partial charge < -0.3 is 10.2 Å². The number of nitro groups is 1. The third kappa shape index (κ3) is 2.08. The molecule has 0 aliphatic heterocycles. The zero-order valence-electron chi connectivity index (χ0n) is 12.1. The number of hydrogen-bond donors (Lipinski definition) is 1. The summed E-state index contributed by atoms with van der Waals surface area (Å²) in [7, 11) is 2.81. The fraction of sp³-hybridized carbons (Fsp3) is 0.154. The van der Waals surface area contributed by atoms with Gasteiger partial charge in [-0.2, -0.15) is 0 Å². The molecule has 0 fully saturated rings. The van der Waals surface area contributed by atoms with E-state index in [-0.39, 0.29) is 28.2 Å².